The SMILES string of the molecule is COCCOCC(=O)N1CC=C(C(F)(F)F)CC1. The van der Waals surface area contributed by atoms with E-state index in [1.165, 1.54) is 12.0 Å². The first-order valence-corrected chi connectivity index (χ1v) is 5.56. The Morgan fingerprint density at radius 3 is 2.67 bits per heavy atom. The van der Waals surface area contributed by atoms with Crippen molar-refractivity contribution in [3.05, 3.63) is 11.6 Å². The van der Waals surface area contributed by atoms with Crippen molar-refractivity contribution in [2.75, 3.05) is 40.0 Å². The summed E-state index contributed by atoms with van der Waals surface area (Å²) in [6, 6.07) is 0. The van der Waals surface area contributed by atoms with Gasteiger partial charge in [-0.1, -0.05) is 6.08 Å². The number of carbonyl (C=O) groups is 1. The van der Waals surface area contributed by atoms with Crippen LogP contribution in [-0.4, -0.2) is 57.0 Å². The number of nitrogens with zero attached hydrogens (tertiary/aromatic N) is 1. The number of amides is 1. The van der Waals surface area contributed by atoms with Gasteiger partial charge in [0.25, 0.3) is 0 Å². The van der Waals surface area contributed by atoms with Gasteiger partial charge in [0, 0.05) is 25.8 Å². The third-order valence-electron chi connectivity index (χ3n) is 2.58. The molecule has 1 heterocycles. The molecular weight excluding hydrogens is 251 g/mol. The van der Waals surface area contributed by atoms with Crippen LogP contribution >= 0.6 is 0 Å². The van der Waals surface area contributed by atoms with Gasteiger partial charge in [-0.3, -0.25) is 4.79 Å². The van der Waals surface area contributed by atoms with E-state index < -0.39 is 11.7 Å². The highest BCUT2D eigenvalue weighted by molar-refractivity contribution is 5.77. The fourth-order valence-electron chi connectivity index (χ4n) is 1.55. The first-order chi connectivity index (χ1) is 8.45. The van der Waals surface area contributed by atoms with Crippen LogP contribution in [0.15, 0.2) is 11.6 Å². The minimum absolute atomic E-state index is 0.0126. The molecule has 4 nitrogen and oxygen atoms in total. The Kier molecular flexibility index (Phi) is 5.61. The topological polar surface area (TPSA) is 38.8 Å². The van der Waals surface area contributed by atoms with Crippen LogP contribution in [0, 0.1) is 0 Å². The van der Waals surface area contributed by atoms with E-state index in [0.29, 0.717) is 13.2 Å². The highest BCUT2D eigenvalue weighted by atomic mass is 19.4. The fraction of sp³-hybridized carbons (Fsp3) is 0.727. The molecule has 1 aliphatic rings. The lowest BCUT2D eigenvalue weighted by Crippen LogP contribution is -2.39. The maximum atomic E-state index is 12.3. The van der Waals surface area contributed by atoms with E-state index in [1.807, 2.05) is 0 Å². The van der Waals surface area contributed by atoms with Gasteiger partial charge >= 0.3 is 6.18 Å². The molecule has 0 fully saturated rings. The molecule has 1 amide bonds. The molecular formula is C11H16F3NO3. The van der Waals surface area contributed by atoms with Gasteiger partial charge in [0.2, 0.25) is 5.91 Å². The van der Waals surface area contributed by atoms with Crippen molar-refractivity contribution in [1.82, 2.24) is 4.90 Å². The van der Waals surface area contributed by atoms with Crippen molar-refractivity contribution in [3.8, 4) is 0 Å². The average Bonchev–Trinajstić information content (AvgIpc) is 2.33. The van der Waals surface area contributed by atoms with Gasteiger partial charge in [-0.05, 0) is 6.42 Å². The van der Waals surface area contributed by atoms with E-state index >= 15 is 0 Å². The molecule has 0 aromatic heterocycles. The molecule has 0 saturated heterocycles. The number of carbonyl (C=O) groups excluding carboxylic acids is 1. The third kappa shape index (κ3) is 4.66. The summed E-state index contributed by atoms with van der Waals surface area (Å²) >= 11 is 0. The number of rotatable bonds is 5. The van der Waals surface area contributed by atoms with Crippen LogP contribution in [0.4, 0.5) is 13.2 Å². The minimum atomic E-state index is -4.29. The number of halogens is 3. The third-order valence-corrected chi connectivity index (χ3v) is 2.58. The first-order valence-electron chi connectivity index (χ1n) is 5.56. The largest absolute Gasteiger partial charge is 0.412 e. The van der Waals surface area contributed by atoms with Crippen LogP contribution < -0.4 is 0 Å². The lowest BCUT2D eigenvalue weighted by molar-refractivity contribution is -0.137. The smallest absolute Gasteiger partial charge is 0.382 e. The first kappa shape index (κ1) is 15.0. The van der Waals surface area contributed by atoms with Gasteiger partial charge in [0.05, 0.1) is 13.2 Å². The van der Waals surface area contributed by atoms with Gasteiger partial charge < -0.3 is 14.4 Å². The molecule has 104 valence electrons. The minimum Gasteiger partial charge on any atom is -0.382 e. The Morgan fingerprint density at radius 2 is 2.17 bits per heavy atom. The Labute approximate surface area is 103 Å². The molecule has 7 heteroatoms. The van der Waals surface area contributed by atoms with Crippen LogP contribution in [0.5, 0.6) is 0 Å². The highest BCUT2D eigenvalue weighted by Gasteiger charge is 2.35. The van der Waals surface area contributed by atoms with Crippen LogP contribution in [0.2, 0.25) is 0 Å². The molecule has 0 radical (unpaired) electrons. The molecule has 1 aliphatic heterocycles. The van der Waals surface area contributed by atoms with Crippen molar-refractivity contribution < 1.29 is 27.4 Å². The Balaban J connectivity index is 2.34. The summed E-state index contributed by atoms with van der Waals surface area (Å²) in [6.07, 6.45) is -3.39. The van der Waals surface area contributed by atoms with Crippen molar-refractivity contribution in [2.45, 2.75) is 12.6 Å². The summed E-state index contributed by atoms with van der Waals surface area (Å²) in [4.78, 5) is 12.9. The summed E-state index contributed by atoms with van der Waals surface area (Å²) in [5.41, 5.74) is -0.563. The molecule has 18 heavy (non-hydrogen) atoms. The van der Waals surface area contributed by atoms with Crippen LogP contribution in [0.3, 0.4) is 0 Å². The second-order valence-electron chi connectivity index (χ2n) is 3.86. The zero-order chi connectivity index (χ0) is 13.6. The van der Waals surface area contributed by atoms with E-state index in [1.54, 1.807) is 0 Å². The van der Waals surface area contributed by atoms with Gasteiger partial charge in [0.1, 0.15) is 6.61 Å². The Hall–Kier alpha value is -1.08. The number of hydrogen-bond donors (Lipinski definition) is 0. The van der Waals surface area contributed by atoms with Crippen molar-refractivity contribution in [3.63, 3.8) is 0 Å². The van der Waals surface area contributed by atoms with E-state index in [9.17, 15) is 18.0 Å². The lowest BCUT2D eigenvalue weighted by Gasteiger charge is -2.27. The lowest BCUT2D eigenvalue weighted by atomic mass is 10.1. The molecule has 1 rings (SSSR count). The predicted molar refractivity (Wildman–Crippen MR) is 58.0 cm³/mol. The maximum absolute atomic E-state index is 12.3. The van der Waals surface area contributed by atoms with Crippen molar-refractivity contribution in [1.29, 1.82) is 0 Å². The molecule has 0 bridgehead atoms. The molecule has 0 aromatic carbocycles. The zero-order valence-electron chi connectivity index (χ0n) is 10.1. The Morgan fingerprint density at radius 1 is 1.44 bits per heavy atom. The van der Waals surface area contributed by atoms with E-state index in [2.05, 4.69) is 0 Å². The summed E-state index contributed by atoms with van der Waals surface area (Å²) < 4.78 is 46.8. The summed E-state index contributed by atoms with van der Waals surface area (Å²) in [7, 11) is 1.51. The van der Waals surface area contributed by atoms with Crippen LogP contribution in [-0.2, 0) is 14.3 Å². The van der Waals surface area contributed by atoms with Crippen LogP contribution in [0.1, 0.15) is 6.42 Å². The molecule has 0 unspecified atom stereocenters. The second-order valence-corrected chi connectivity index (χ2v) is 3.86. The number of hydrogen-bond acceptors (Lipinski definition) is 3. The average molecular weight is 267 g/mol. The van der Waals surface area contributed by atoms with E-state index in [0.717, 1.165) is 6.08 Å². The normalized spacial score (nSPS) is 16.7. The second kappa shape index (κ2) is 6.75. The number of methoxy groups -OCH3 is 1. The Bertz CT molecular complexity index is 315. The quantitative estimate of drug-likeness (QED) is 0.558. The maximum Gasteiger partial charge on any atom is 0.412 e. The highest BCUT2D eigenvalue weighted by Crippen LogP contribution is 2.30. The van der Waals surface area contributed by atoms with E-state index in [-0.39, 0.29) is 32.0 Å². The van der Waals surface area contributed by atoms with Crippen LogP contribution in [0.25, 0.3) is 0 Å². The summed E-state index contributed by atoms with van der Waals surface area (Å²) in [6.45, 7) is 0.614. The predicted octanol–water partition coefficient (Wildman–Crippen LogP) is 1.37. The molecule has 0 saturated carbocycles. The number of alkyl halides is 3. The fourth-order valence-corrected chi connectivity index (χ4v) is 1.55. The molecule has 0 atom stereocenters. The monoisotopic (exact) mass is 267 g/mol. The summed E-state index contributed by atoms with van der Waals surface area (Å²) in [5, 5.41) is 0. The van der Waals surface area contributed by atoms with Crippen molar-refractivity contribution in [2.24, 2.45) is 0 Å². The molecule has 0 spiro atoms. The molecule has 0 N–H and O–H groups in total. The van der Waals surface area contributed by atoms with Gasteiger partial charge in [-0.25, -0.2) is 0 Å². The number of ether oxygens (including phenoxy) is 2. The zero-order valence-corrected chi connectivity index (χ0v) is 10.1. The van der Waals surface area contributed by atoms with Gasteiger partial charge in [0.15, 0.2) is 0 Å². The summed E-state index contributed by atoms with van der Waals surface area (Å²) in [5.74, 6) is -0.302. The van der Waals surface area contributed by atoms with Gasteiger partial charge in [-0.15, -0.1) is 0 Å². The van der Waals surface area contributed by atoms with E-state index in [4.69, 9.17) is 9.47 Å². The van der Waals surface area contributed by atoms with Gasteiger partial charge in [-0.2, -0.15) is 13.2 Å². The standard InChI is InChI=1S/C11H16F3NO3/c1-17-6-7-18-8-10(16)15-4-2-9(3-5-15)11(12,13)14/h2H,3-8H2,1H3. The molecule has 0 aliphatic carbocycles. The van der Waals surface area contributed by atoms with Crippen molar-refractivity contribution >= 4 is 5.91 Å². The molecule has 0 aromatic rings.